The molecule has 14 heavy (non-hydrogen) atoms. The second kappa shape index (κ2) is 8.97. The highest BCUT2D eigenvalue weighted by molar-refractivity contribution is 5.68. The van der Waals surface area contributed by atoms with E-state index in [1.54, 1.807) is 21.1 Å². The van der Waals surface area contributed by atoms with E-state index in [9.17, 15) is 4.79 Å². The highest BCUT2D eigenvalue weighted by Gasteiger charge is 2.10. The van der Waals surface area contributed by atoms with Gasteiger partial charge in [-0.25, -0.2) is 0 Å². The van der Waals surface area contributed by atoms with Gasteiger partial charge in [0.25, 0.3) is 0 Å². The lowest BCUT2D eigenvalue weighted by molar-refractivity contribution is -0.145. The van der Waals surface area contributed by atoms with E-state index >= 15 is 0 Å². The molecule has 0 aromatic heterocycles. The van der Waals surface area contributed by atoms with Crippen molar-refractivity contribution in [2.75, 3.05) is 34.0 Å². The molecule has 0 fully saturated rings. The second-order valence-corrected chi connectivity index (χ2v) is 3.14. The molecule has 0 radical (unpaired) electrons. The minimum atomic E-state index is -0.163. The van der Waals surface area contributed by atoms with Crippen molar-refractivity contribution in [3.05, 3.63) is 0 Å². The lowest BCUT2D eigenvalue weighted by atomic mass is 10.1. The van der Waals surface area contributed by atoms with Crippen LogP contribution in [-0.4, -0.2) is 40.0 Å². The fraction of sp³-hybridized carbons (Fsp3) is 0.900. The Labute approximate surface area is 85.5 Å². The zero-order chi connectivity index (χ0) is 10.8. The third-order valence-corrected chi connectivity index (χ3v) is 1.90. The van der Waals surface area contributed by atoms with Crippen LogP contribution in [0.1, 0.15) is 19.8 Å². The SMILES string of the molecule is CCC(=O)OCC(CCOC)COC. The molecular weight excluding hydrogens is 184 g/mol. The summed E-state index contributed by atoms with van der Waals surface area (Å²) in [5.74, 6) is 0.0685. The van der Waals surface area contributed by atoms with Gasteiger partial charge in [-0.05, 0) is 6.42 Å². The van der Waals surface area contributed by atoms with Crippen molar-refractivity contribution >= 4 is 5.97 Å². The highest BCUT2D eigenvalue weighted by Crippen LogP contribution is 2.05. The first-order valence-electron chi connectivity index (χ1n) is 4.88. The van der Waals surface area contributed by atoms with Crippen LogP contribution in [-0.2, 0) is 19.0 Å². The molecule has 0 heterocycles. The standard InChI is InChI=1S/C10H20O4/c1-4-10(11)14-8-9(7-13-3)5-6-12-2/h9H,4-8H2,1-3H3. The molecule has 0 aliphatic carbocycles. The predicted octanol–water partition coefficient (Wildman–Crippen LogP) is 1.24. The average molecular weight is 204 g/mol. The van der Waals surface area contributed by atoms with E-state index in [2.05, 4.69) is 0 Å². The van der Waals surface area contributed by atoms with Crippen LogP contribution in [0.3, 0.4) is 0 Å². The number of methoxy groups -OCH3 is 2. The van der Waals surface area contributed by atoms with Crippen LogP contribution < -0.4 is 0 Å². The topological polar surface area (TPSA) is 44.8 Å². The summed E-state index contributed by atoms with van der Waals surface area (Å²) in [7, 11) is 3.30. The van der Waals surface area contributed by atoms with Gasteiger partial charge in [0.15, 0.2) is 0 Å². The van der Waals surface area contributed by atoms with Gasteiger partial charge in [-0.3, -0.25) is 4.79 Å². The monoisotopic (exact) mass is 204 g/mol. The highest BCUT2D eigenvalue weighted by atomic mass is 16.5. The molecule has 0 bridgehead atoms. The number of ether oxygens (including phenoxy) is 3. The molecule has 0 N–H and O–H groups in total. The zero-order valence-corrected chi connectivity index (χ0v) is 9.25. The Balaban J connectivity index is 3.66. The smallest absolute Gasteiger partial charge is 0.305 e. The Morgan fingerprint density at radius 1 is 1.21 bits per heavy atom. The summed E-state index contributed by atoms with van der Waals surface area (Å²) in [5, 5.41) is 0. The van der Waals surface area contributed by atoms with Gasteiger partial charge in [-0.2, -0.15) is 0 Å². The molecule has 1 atom stereocenters. The predicted molar refractivity (Wildman–Crippen MR) is 53.1 cm³/mol. The normalized spacial score (nSPS) is 12.5. The zero-order valence-electron chi connectivity index (χ0n) is 9.25. The third-order valence-electron chi connectivity index (χ3n) is 1.90. The maximum absolute atomic E-state index is 10.9. The van der Waals surface area contributed by atoms with E-state index < -0.39 is 0 Å². The summed E-state index contributed by atoms with van der Waals surface area (Å²) < 4.78 is 15.0. The summed E-state index contributed by atoms with van der Waals surface area (Å²) in [6.07, 6.45) is 1.27. The van der Waals surface area contributed by atoms with Crippen molar-refractivity contribution in [1.29, 1.82) is 0 Å². The lowest BCUT2D eigenvalue weighted by Crippen LogP contribution is -2.19. The molecule has 0 saturated heterocycles. The lowest BCUT2D eigenvalue weighted by Gasteiger charge is -2.15. The van der Waals surface area contributed by atoms with Crippen LogP contribution in [0.4, 0.5) is 0 Å². The molecule has 1 unspecified atom stereocenters. The van der Waals surface area contributed by atoms with Crippen molar-refractivity contribution in [3.8, 4) is 0 Å². The maximum Gasteiger partial charge on any atom is 0.305 e. The average Bonchev–Trinajstić information content (AvgIpc) is 2.21. The van der Waals surface area contributed by atoms with Gasteiger partial charge >= 0.3 is 5.97 Å². The van der Waals surface area contributed by atoms with Crippen LogP contribution in [0, 0.1) is 5.92 Å². The molecule has 0 aromatic carbocycles. The van der Waals surface area contributed by atoms with E-state index in [1.807, 2.05) is 0 Å². The first-order chi connectivity index (χ1) is 6.74. The molecule has 0 saturated carbocycles. The minimum Gasteiger partial charge on any atom is -0.465 e. The van der Waals surface area contributed by atoms with Gasteiger partial charge in [0.05, 0.1) is 13.2 Å². The van der Waals surface area contributed by atoms with Crippen LogP contribution in [0.5, 0.6) is 0 Å². The fourth-order valence-corrected chi connectivity index (χ4v) is 1.05. The first-order valence-corrected chi connectivity index (χ1v) is 4.88. The number of esters is 1. The Bertz CT molecular complexity index is 147. The largest absolute Gasteiger partial charge is 0.465 e. The molecule has 0 aliphatic rings. The van der Waals surface area contributed by atoms with E-state index in [4.69, 9.17) is 14.2 Å². The number of carbonyl (C=O) groups excluding carboxylic acids is 1. The van der Waals surface area contributed by atoms with E-state index in [0.29, 0.717) is 26.2 Å². The summed E-state index contributed by atoms with van der Waals surface area (Å²) in [6, 6.07) is 0. The van der Waals surface area contributed by atoms with Crippen molar-refractivity contribution in [2.24, 2.45) is 5.92 Å². The Hall–Kier alpha value is -0.610. The molecule has 0 spiro atoms. The molecule has 4 heteroatoms. The Morgan fingerprint density at radius 3 is 2.43 bits per heavy atom. The Morgan fingerprint density at radius 2 is 1.93 bits per heavy atom. The summed E-state index contributed by atoms with van der Waals surface area (Å²) in [6.45, 7) is 3.46. The summed E-state index contributed by atoms with van der Waals surface area (Å²) >= 11 is 0. The summed E-state index contributed by atoms with van der Waals surface area (Å²) in [4.78, 5) is 10.9. The minimum absolute atomic E-state index is 0.163. The van der Waals surface area contributed by atoms with Gasteiger partial charge < -0.3 is 14.2 Å². The van der Waals surface area contributed by atoms with Gasteiger partial charge in [-0.15, -0.1) is 0 Å². The van der Waals surface area contributed by atoms with Crippen LogP contribution in [0.25, 0.3) is 0 Å². The third kappa shape index (κ3) is 6.86. The van der Waals surface area contributed by atoms with Crippen molar-refractivity contribution < 1.29 is 19.0 Å². The van der Waals surface area contributed by atoms with Crippen LogP contribution in [0.15, 0.2) is 0 Å². The molecule has 84 valence electrons. The molecule has 0 rings (SSSR count). The van der Waals surface area contributed by atoms with Crippen molar-refractivity contribution in [3.63, 3.8) is 0 Å². The van der Waals surface area contributed by atoms with Gasteiger partial charge in [-0.1, -0.05) is 6.92 Å². The number of rotatable bonds is 8. The number of hydrogen-bond donors (Lipinski definition) is 0. The van der Waals surface area contributed by atoms with Crippen LogP contribution in [0.2, 0.25) is 0 Å². The van der Waals surface area contributed by atoms with Gasteiger partial charge in [0, 0.05) is 33.2 Å². The van der Waals surface area contributed by atoms with Gasteiger partial charge in [0.2, 0.25) is 0 Å². The van der Waals surface area contributed by atoms with Crippen LogP contribution >= 0.6 is 0 Å². The number of carbonyl (C=O) groups is 1. The van der Waals surface area contributed by atoms with E-state index in [0.717, 1.165) is 6.42 Å². The van der Waals surface area contributed by atoms with Crippen molar-refractivity contribution in [2.45, 2.75) is 19.8 Å². The summed E-state index contributed by atoms with van der Waals surface area (Å²) in [5.41, 5.74) is 0. The van der Waals surface area contributed by atoms with Gasteiger partial charge in [0.1, 0.15) is 0 Å². The molecule has 0 aromatic rings. The first kappa shape index (κ1) is 13.4. The van der Waals surface area contributed by atoms with E-state index in [1.165, 1.54) is 0 Å². The second-order valence-electron chi connectivity index (χ2n) is 3.14. The maximum atomic E-state index is 10.9. The quantitative estimate of drug-likeness (QED) is 0.558. The van der Waals surface area contributed by atoms with E-state index in [-0.39, 0.29) is 11.9 Å². The molecule has 4 nitrogen and oxygen atoms in total. The molecular formula is C10H20O4. The van der Waals surface area contributed by atoms with Crippen molar-refractivity contribution in [1.82, 2.24) is 0 Å². The fourth-order valence-electron chi connectivity index (χ4n) is 1.05. The number of hydrogen-bond acceptors (Lipinski definition) is 4. The Kier molecular flexibility index (Phi) is 8.57. The molecule has 0 aliphatic heterocycles. The molecule has 0 amide bonds.